The zero-order valence-electron chi connectivity index (χ0n) is 10.6. The van der Waals surface area contributed by atoms with Gasteiger partial charge in [-0.3, -0.25) is 9.48 Å². The topological polar surface area (TPSA) is 72.9 Å². The fourth-order valence-corrected chi connectivity index (χ4v) is 2.05. The number of nitrogens with zero attached hydrogens (tertiary/aromatic N) is 2. The van der Waals surface area contributed by atoms with Crippen molar-refractivity contribution in [2.45, 2.75) is 13.5 Å². The number of aromatic nitrogens is 2. The molecule has 0 spiro atoms. The van der Waals surface area contributed by atoms with E-state index in [4.69, 9.17) is 5.73 Å². The molecule has 19 heavy (non-hydrogen) atoms. The number of carbonyl (C=O) groups is 1. The molecule has 0 aliphatic carbocycles. The predicted molar refractivity (Wildman–Crippen MR) is 77.9 cm³/mol. The Labute approximate surface area is 119 Å². The Kier molecular flexibility index (Phi) is 4.21. The summed E-state index contributed by atoms with van der Waals surface area (Å²) in [5, 5.41) is 6.97. The van der Waals surface area contributed by atoms with E-state index in [1.54, 1.807) is 29.1 Å². The highest BCUT2D eigenvalue weighted by molar-refractivity contribution is 9.10. The number of benzene rings is 1. The minimum Gasteiger partial charge on any atom is -0.398 e. The minimum atomic E-state index is -0.178. The van der Waals surface area contributed by atoms with Gasteiger partial charge in [-0.1, -0.05) is 15.9 Å². The van der Waals surface area contributed by atoms with Crippen molar-refractivity contribution in [3.63, 3.8) is 0 Å². The Morgan fingerprint density at radius 2 is 2.32 bits per heavy atom. The van der Waals surface area contributed by atoms with E-state index in [1.165, 1.54) is 0 Å². The maximum Gasteiger partial charge on any atom is 0.253 e. The van der Waals surface area contributed by atoms with Crippen LogP contribution in [0.4, 0.5) is 5.69 Å². The molecule has 2 aromatic rings. The van der Waals surface area contributed by atoms with Crippen molar-refractivity contribution in [3.8, 4) is 0 Å². The first kappa shape index (κ1) is 13.6. The summed E-state index contributed by atoms with van der Waals surface area (Å²) in [7, 11) is 0. The molecule has 6 heteroatoms. The van der Waals surface area contributed by atoms with E-state index in [-0.39, 0.29) is 5.91 Å². The van der Waals surface area contributed by atoms with Gasteiger partial charge in [-0.15, -0.1) is 0 Å². The number of rotatable bonds is 4. The number of halogens is 1. The van der Waals surface area contributed by atoms with Gasteiger partial charge < -0.3 is 11.1 Å². The maximum atomic E-state index is 12.0. The summed E-state index contributed by atoms with van der Waals surface area (Å²) in [6, 6.07) is 5.22. The molecule has 1 heterocycles. The monoisotopic (exact) mass is 322 g/mol. The van der Waals surface area contributed by atoms with Crippen molar-refractivity contribution in [2.24, 2.45) is 0 Å². The normalized spacial score (nSPS) is 10.4. The quantitative estimate of drug-likeness (QED) is 0.845. The van der Waals surface area contributed by atoms with Crippen LogP contribution in [0.15, 0.2) is 35.1 Å². The standard InChI is InChI=1S/C13H15BrN4O/c1-9-7-17-18(8-9)5-4-16-13(19)11-6-10(14)2-3-12(11)15/h2-3,6-8H,4-5,15H2,1H3,(H,16,19). The number of amides is 1. The van der Waals surface area contributed by atoms with E-state index in [0.29, 0.717) is 24.3 Å². The van der Waals surface area contributed by atoms with Gasteiger partial charge in [0.05, 0.1) is 18.3 Å². The lowest BCUT2D eigenvalue weighted by Crippen LogP contribution is -2.28. The van der Waals surface area contributed by atoms with Gasteiger partial charge in [0.1, 0.15) is 0 Å². The molecule has 0 unspecified atom stereocenters. The van der Waals surface area contributed by atoms with Crippen molar-refractivity contribution >= 4 is 27.5 Å². The fraction of sp³-hybridized carbons (Fsp3) is 0.231. The molecule has 0 bridgehead atoms. The number of nitrogen functional groups attached to an aromatic ring is 1. The Balaban J connectivity index is 1.92. The van der Waals surface area contributed by atoms with Gasteiger partial charge in [0, 0.05) is 22.9 Å². The molecule has 0 aliphatic heterocycles. The SMILES string of the molecule is Cc1cnn(CCNC(=O)c2cc(Br)ccc2N)c1. The molecule has 1 amide bonds. The van der Waals surface area contributed by atoms with E-state index in [9.17, 15) is 4.79 Å². The molecule has 5 nitrogen and oxygen atoms in total. The van der Waals surface area contributed by atoms with Crippen molar-refractivity contribution < 1.29 is 4.79 Å². The molecular weight excluding hydrogens is 308 g/mol. The first-order chi connectivity index (χ1) is 9.06. The third-order valence-electron chi connectivity index (χ3n) is 2.65. The third-order valence-corrected chi connectivity index (χ3v) is 3.14. The average molecular weight is 323 g/mol. The molecule has 100 valence electrons. The molecular formula is C13H15BrN4O. The molecule has 0 atom stereocenters. The summed E-state index contributed by atoms with van der Waals surface area (Å²) in [6.07, 6.45) is 3.72. The van der Waals surface area contributed by atoms with Crippen molar-refractivity contribution in [2.75, 3.05) is 12.3 Å². The van der Waals surface area contributed by atoms with Gasteiger partial charge >= 0.3 is 0 Å². The number of aryl methyl sites for hydroxylation is 1. The van der Waals surface area contributed by atoms with Crippen LogP contribution in [-0.2, 0) is 6.54 Å². The van der Waals surface area contributed by atoms with Crippen LogP contribution in [0.5, 0.6) is 0 Å². The first-order valence-electron chi connectivity index (χ1n) is 5.88. The smallest absolute Gasteiger partial charge is 0.253 e. The Morgan fingerprint density at radius 3 is 3.00 bits per heavy atom. The zero-order valence-corrected chi connectivity index (χ0v) is 12.1. The third kappa shape index (κ3) is 3.57. The van der Waals surface area contributed by atoms with E-state index in [2.05, 4.69) is 26.3 Å². The molecule has 3 N–H and O–H groups in total. The van der Waals surface area contributed by atoms with Crippen LogP contribution in [0, 0.1) is 6.92 Å². The molecule has 0 saturated carbocycles. The second-order valence-corrected chi connectivity index (χ2v) is 5.18. The van der Waals surface area contributed by atoms with Crippen molar-refractivity contribution in [3.05, 3.63) is 46.2 Å². The molecule has 0 saturated heterocycles. The number of anilines is 1. The number of carbonyl (C=O) groups excluding carboxylic acids is 1. The van der Waals surface area contributed by atoms with Gasteiger partial charge in [0.2, 0.25) is 0 Å². The van der Waals surface area contributed by atoms with Gasteiger partial charge in [-0.2, -0.15) is 5.10 Å². The van der Waals surface area contributed by atoms with Crippen LogP contribution >= 0.6 is 15.9 Å². The summed E-state index contributed by atoms with van der Waals surface area (Å²) in [6.45, 7) is 3.11. The molecule has 0 radical (unpaired) electrons. The minimum absolute atomic E-state index is 0.178. The number of nitrogens with two attached hydrogens (primary N) is 1. The summed E-state index contributed by atoms with van der Waals surface area (Å²) < 4.78 is 2.62. The molecule has 0 aliphatic rings. The van der Waals surface area contributed by atoms with Crippen LogP contribution in [0.25, 0.3) is 0 Å². The summed E-state index contributed by atoms with van der Waals surface area (Å²) in [5.74, 6) is -0.178. The summed E-state index contributed by atoms with van der Waals surface area (Å²) in [4.78, 5) is 12.0. The zero-order chi connectivity index (χ0) is 13.8. The second kappa shape index (κ2) is 5.88. The summed E-state index contributed by atoms with van der Waals surface area (Å²) in [5.41, 5.74) is 7.82. The Morgan fingerprint density at radius 1 is 1.53 bits per heavy atom. The Hall–Kier alpha value is -1.82. The molecule has 1 aromatic carbocycles. The first-order valence-corrected chi connectivity index (χ1v) is 6.68. The van der Waals surface area contributed by atoms with E-state index in [1.807, 2.05) is 13.1 Å². The highest BCUT2D eigenvalue weighted by atomic mass is 79.9. The van der Waals surface area contributed by atoms with E-state index >= 15 is 0 Å². The number of hydrogen-bond acceptors (Lipinski definition) is 3. The van der Waals surface area contributed by atoms with Crippen LogP contribution in [-0.4, -0.2) is 22.2 Å². The maximum absolute atomic E-state index is 12.0. The Bertz CT molecular complexity index is 594. The van der Waals surface area contributed by atoms with Gasteiger partial charge in [-0.05, 0) is 30.7 Å². The lowest BCUT2D eigenvalue weighted by Gasteiger charge is -2.08. The molecule has 0 fully saturated rings. The predicted octanol–water partition coefficient (Wildman–Crippen LogP) is 1.97. The highest BCUT2D eigenvalue weighted by Gasteiger charge is 2.09. The van der Waals surface area contributed by atoms with Gasteiger partial charge in [0.15, 0.2) is 0 Å². The van der Waals surface area contributed by atoms with E-state index in [0.717, 1.165) is 10.0 Å². The van der Waals surface area contributed by atoms with Gasteiger partial charge in [-0.25, -0.2) is 0 Å². The fourth-order valence-electron chi connectivity index (χ4n) is 1.69. The number of hydrogen-bond donors (Lipinski definition) is 2. The highest BCUT2D eigenvalue weighted by Crippen LogP contribution is 2.18. The van der Waals surface area contributed by atoms with Crippen LogP contribution in [0.1, 0.15) is 15.9 Å². The molecule has 1 aromatic heterocycles. The lowest BCUT2D eigenvalue weighted by molar-refractivity contribution is 0.0953. The number of nitrogens with one attached hydrogen (secondary N) is 1. The average Bonchev–Trinajstić information content (AvgIpc) is 2.78. The summed E-state index contributed by atoms with van der Waals surface area (Å²) >= 11 is 3.32. The van der Waals surface area contributed by atoms with Crippen LogP contribution in [0.3, 0.4) is 0 Å². The van der Waals surface area contributed by atoms with Crippen molar-refractivity contribution in [1.82, 2.24) is 15.1 Å². The van der Waals surface area contributed by atoms with Crippen LogP contribution in [0.2, 0.25) is 0 Å². The van der Waals surface area contributed by atoms with Crippen LogP contribution < -0.4 is 11.1 Å². The van der Waals surface area contributed by atoms with Gasteiger partial charge in [0.25, 0.3) is 5.91 Å². The van der Waals surface area contributed by atoms with E-state index < -0.39 is 0 Å². The lowest BCUT2D eigenvalue weighted by atomic mass is 10.1. The largest absolute Gasteiger partial charge is 0.398 e. The second-order valence-electron chi connectivity index (χ2n) is 4.27. The van der Waals surface area contributed by atoms with Crippen molar-refractivity contribution in [1.29, 1.82) is 0 Å². The molecule has 2 rings (SSSR count).